The largest absolute Gasteiger partial charge is 0.357 e. The summed E-state index contributed by atoms with van der Waals surface area (Å²) >= 11 is 0. The van der Waals surface area contributed by atoms with Crippen LogP contribution in [0.4, 0.5) is 0 Å². The highest BCUT2D eigenvalue weighted by molar-refractivity contribution is 5.80. The van der Waals surface area contributed by atoms with Crippen LogP contribution in [0.2, 0.25) is 0 Å². The van der Waals surface area contributed by atoms with Crippen LogP contribution in [0.3, 0.4) is 0 Å². The van der Waals surface area contributed by atoms with Crippen LogP contribution in [0.5, 0.6) is 0 Å². The molecule has 0 aliphatic carbocycles. The lowest BCUT2D eigenvalue weighted by molar-refractivity contribution is 0.181. The zero-order valence-corrected chi connectivity index (χ0v) is 19.3. The maximum atomic E-state index is 4.85. The Hall–Kier alpha value is -1.59. The topological polar surface area (TPSA) is 42.9 Å². The van der Waals surface area contributed by atoms with E-state index in [9.17, 15) is 0 Å². The number of guanidine groups is 1. The Labute approximate surface area is 184 Å². The summed E-state index contributed by atoms with van der Waals surface area (Å²) in [5, 5.41) is 7.13. The van der Waals surface area contributed by atoms with E-state index < -0.39 is 0 Å². The molecule has 2 aliphatic rings. The maximum Gasteiger partial charge on any atom is 0.191 e. The van der Waals surface area contributed by atoms with Crippen LogP contribution < -0.4 is 10.6 Å². The van der Waals surface area contributed by atoms with Gasteiger partial charge in [0.25, 0.3) is 0 Å². The van der Waals surface area contributed by atoms with Crippen molar-refractivity contribution in [2.24, 2.45) is 10.9 Å². The number of nitrogens with zero attached hydrogens (tertiary/aromatic N) is 3. The summed E-state index contributed by atoms with van der Waals surface area (Å²) in [5.41, 5.74) is 1.41. The van der Waals surface area contributed by atoms with Gasteiger partial charge in [-0.3, -0.25) is 9.89 Å². The monoisotopic (exact) mass is 413 g/mol. The minimum absolute atomic E-state index is 0.532. The van der Waals surface area contributed by atoms with Gasteiger partial charge in [-0.15, -0.1) is 0 Å². The molecular weight excluding hydrogens is 370 g/mol. The van der Waals surface area contributed by atoms with Gasteiger partial charge in [0.1, 0.15) is 0 Å². The first-order valence-electron chi connectivity index (χ1n) is 12.3. The summed E-state index contributed by atoms with van der Waals surface area (Å²) in [4.78, 5) is 10.1. The molecule has 2 saturated heterocycles. The van der Waals surface area contributed by atoms with E-state index in [-0.39, 0.29) is 0 Å². The van der Waals surface area contributed by atoms with Gasteiger partial charge in [0.15, 0.2) is 5.96 Å². The Morgan fingerprint density at radius 3 is 2.57 bits per heavy atom. The number of piperidine rings is 2. The van der Waals surface area contributed by atoms with Gasteiger partial charge in [-0.25, -0.2) is 0 Å². The molecule has 0 aromatic heterocycles. The maximum absolute atomic E-state index is 4.85. The number of hydrogen-bond donors (Lipinski definition) is 2. The summed E-state index contributed by atoms with van der Waals surface area (Å²) in [6.07, 6.45) is 7.58. The highest BCUT2D eigenvalue weighted by Crippen LogP contribution is 2.16. The fourth-order valence-electron chi connectivity index (χ4n) is 4.72. The Bertz CT molecular complexity index is 609. The van der Waals surface area contributed by atoms with E-state index in [4.69, 9.17) is 4.99 Å². The molecule has 1 aromatic carbocycles. The highest BCUT2D eigenvalue weighted by Gasteiger charge is 2.20. The highest BCUT2D eigenvalue weighted by atomic mass is 15.2. The third kappa shape index (κ3) is 8.27. The summed E-state index contributed by atoms with van der Waals surface area (Å²) in [6, 6.07) is 11.4. The predicted octanol–water partition coefficient (Wildman–Crippen LogP) is 3.72. The van der Waals surface area contributed by atoms with Crippen LogP contribution in [0.1, 0.15) is 57.9 Å². The molecule has 0 radical (unpaired) electrons. The van der Waals surface area contributed by atoms with Crippen LogP contribution >= 0.6 is 0 Å². The van der Waals surface area contributed by atoms with Crippen molar-refractivity contribution >= 4 is 5.96 Å². The minimum atomic E-state index is 0.532. The van der Waals surface area contributed by atoms with Gasteiger partial charge in [-0.1, -0.05) is 37.3 Å². The first kappa shape index (κ1) is 23.1. The Morgan fingerprint density at radius 1 is 1.03 bits per heavy atom. The fraction of sp³-hybridized carbons (Fsp3) is 0.720. The van der Waals surface area contributed by atoms with Crippen molar-refractivity contribution in [2.45, 2.75) is 65.0 Å². The van der Waals surface area contributed by atoms with Crippen LogP contribution in [0.15, 0.2) is 35.3 Å². The summed E-state index contributed by atoms with van der Waals surface area (Å²) in [7, 11) is 0. The second kappa shape index (κ2) is 13.0. The molecule has 3 rings (SSSR count). The zero-order chi connectivity index (χ0) is 21.0. The molecule has 1 atom stereocenters. The Balaban J connectivity index is 1.33. The van der Waals surface area contributed by atoms with Crippen LogP contribution in [0.25, 0.3) is 0 Å². The Morgan fingerprint density at radius 2 is 1.83 bits per heavy atom. The second-order valence-corrected chi connectivity index (χ2v) is 9.20. The molecule has 168 valence electrons. The molecular formula is C25H43N5. The number of likely N-dealkylation sites (tertiary alicyclic amines) is 2. The molecule has 0 spiro atoms. The number of unbranched alkanes of at least 4 members (excludes halogenated alkanes) is 1. The molecule has 2 heterocycles. The number of hydrogen-bond acceptors (Lipinski definition) is 3. The van der Waals surface area contributed by atoms with Crippen molar-refractivity contribution in [1.29, 1.82) is 0 Å². The summed E-state index contributed by atoms with van der Waals surface area (Å²) in [5.74, 6) is 1.88. The zero-order valence-electron chi connectivity index (χ0n) is 19.3. The quantitative estimate of drug-likeness (QED) is 0.368. The second-order valence-electron chi connectivity index (χ2n) is 9.20. The van der Waals surface area contributed by atoms with Gasteiger partial charge in [-0.2, -0.15) is 0 Å². The molecule has 1 aromatic rings. The van der Waals surface area contributed by atoms with Gasteiger partial charge in [-0.05, 0) is 70.0 Å². The number of nitrogens with one attached hydrogen (secondary N) is 2. The third-order valence-electron chi connectivity index (χ3n) is 6.42. The van der Waals surface area contributed by atoms with Gasteiger partial charge >= 0.3 is 0 Å². The van der Waals surface area contributed by atoms with E-state index in [1.54, 1.807) is 0 Å². The van der Waals surface area contributed by atoms with Crippen molar-refractivity contribution in [3.8, 4) is 0 Å². The predicted molar refractivity (Wildman–Crippen MR) is 128 cm³/mol. The van der Waals surface area contributed by atoms with Gasteiger partial charge in [0, 0.05) is 45.3 Å². The van der Waals surface area contributed by atoms with E-state index in [0.29, 0.717) is 6.04 Å². The molecule has 0 amide bonds. The van der Waals surface area contributed by atoms with E-state index in [1.807, 2.05) is 0 Å². The molecule has 5 nitrogen and oxygen atoms in total. The van der Waals surface area contributed by atoms with E-state index in [1.165, 1.54) is 63.7 Å². The van der Waals surface area contributed by atoms with Gasteiger partial charge in [0.2, 0.25) is 0 Å². The average Bonchev–Trinajstić information content (AvgIpc) is 2.76. The Kier molecular flexibility index (Phi) is 9.97. The standard InChI is InChI=1S/C25H43N5/c1-3-26-25(27-15-7-8-16-29-17-9-10-22(2)20-29)28-24-13-18-30(19-14-24)21-23-11-5-4-6-12-23/h4-6,11-12,22,24H,3,7-10,13-21H2,1-2H3,(H2,26,27,28). The van der Waals surface area contributed by atoms with Crippen LogP contribution in [-0.4, -0.2) is 67.6 Å². The number of rotatable bonds is 9. The SMILES string of the molecule is CCNC(=NCCCCN1CCCC(C)C1)NC1CCN(Cc2ccccc2)CC1. The molecule has 0 saturated carbocycles. The van der Waals surface area contributed by atoms with Crippen molar-refractivity contribution in [2.75, 3.05) is 45.8 Å². The van der Waals surface area contributed by atoms with Gasteiger partial charge in [0.05, 0.1) is 0 Å². The molecule has 30 heavy (non-hydrogen) atoms. The van der Waals surface area contributed by atoms with E-state index >= 15 is 0 Å². The van der Waals surface area contributed by atoms with E-state index in [2.05, 4.69) is 64.6 Å². The average molecular weight is 414 g/mol. The molecule has 1 unspecified atom stereocenters. The summed E-state index contributed by atoms with van der Waals surface area (Å²) in [6.45, 7) is 13.6. The lowest BCUT2D eigenvalue weighted by Crippen LogP contribution is -2.48. The number of aliphatic imine (C=N–C) groups is 1. The van der Waals surface area contributed by atoms with Crippen molar-refractivity contribution in [3.05, 3.63) is 35.9 Å². The molecule has 2 fully saturated rings. The molecule has 2 N–H and O–H groups in total. The molecule has 2 aliphatic heterocycles. The lowest BCUT2D eigenvalue weighted by atomic mass is 10.0. The first-order valence-corrected chi connectivity index (χ1v) is 12.3. The first-order chi connectivity index (χ1) is 14.7. The van der Waals surface area contributed by atoms with Crippen molar-refractivity contribution in [1.82, 2.24) is 20.4 Å². The van der Waals surface area contributed by atoms with E-state index in [0.717, 1.165) is 44.6 Å². The smallest absolute Gasteiger partial charge is 0.191 e. The van der Waals surface area contributed by atoms with Crippen LogP contribution in [-0.2, 0) is 6.54 Å². The summed E-state index contributed by atoms with van der Waals surface area (Å²) < 4.78 is 0. The molecule has 5 heteroatoms. The number of benzene rings is 1. The molecule has 0 bridgehead atoms. The normalized spacial score (nSPS) is 22.2. The van der Waals surface area contributed by atoms with Gasteiger partial charge < -0.3 is 15.5 Å². The fourth-order valence-corrected chi connectivity index (χ4v) is 4.72. The minimum Gasteiger partial charge on any atom is -0.357 e. The third-order valence-corrected chi connectivity index (χ3v) is 6.42. The lowest BCUT2D eigenvalue weighted by Gasteiger charge is -2.33. The van der Waals surface area contributed by atoms with Crippen molar-refractivity contribution in [3.63, 3.8) is 0 Å². The van der Waals surface area contributed by atoms with Crippen molar-refractivity contribution < 1.29 is 0 Å². The van der Waals surface area contributed by atoms with Crippen LogP contribution in [0, 0.1) is 5.92 Å².